The predicted molar refractivity (Wildman–Crippen MR) is 95.0 cm³/mol. The summed E-state index contributed by atoms with van der Waals surface area (Å²) in [6, 6.07) is 12.0. The smallest absolute Gasteiger partial charge is 0.320 e. The molecule has 0 atom stereocenters. The van der Waals surface area contributed by atoms with E-state index in [9.17, 15) is 4.79 Å². The largest absolute Gasteiger partial charge is 0.334 e. The van der Waals surface area contributed by atoms with E-state index in [1.165, 1.54) is 6.42 Å². The van der Waals surface area contributed by atoms with Gasteiger partial charge in [0, 0.05) is 18.8 Å². The Kier molecular flexibility index (Phi) is 4.20. The van der Waals surface area contributed by atoms with Crippen molar-refractivity contribution in [1.29, 1.82) is 0 Å². The average molecular weight is 336 g/mol. The molecule has 1 fully saturated rings. The summed E-state index contributed by atoms with van der Waals surface area (Å²) in [5.74, 6) is 0.747. The number of rotatable bonds is 5. The van der Waals surface area contributed by atoms with Gasteiger partial charge in [0.05, 0.1) is 17.9 Å². The van der Waals surface area contributed by atoms with Crippen LogP contribution in [0.2, 0.25) is 0 Å². The average Bonchev–Trinajstić information content (AvgIpc) is 3.25. The van der Waals surface area contributed by atoms with Gasteiger partial charge in [-0.25, -0.2) is 9.48 Å². The van der Waals surface area contributed by atoms with Crippen molar-refractivity contribution in [1.82, 2.24) is 25.3 Å². The van der Waals surface area contributed by atoms with Crippen molar-refractivity contribution in [3.63, 3.8) is 0 Å². The van der Waals surface area contributed by atoms with Gasteiger partial charge in [0.25, 0.3) is 0 Å². The number of benzene rings is 1. The van der Waals surface area contributed by atoms with Crippen molar-refractivity contribution >= 4 is 11.8 Å². The summed E-state index contributed by atoms with van der Waals surface area (Å²) in [7, 11) is 0. The van der Waals surface area contributed by atoms with E-state index < -0.39 is 0 Å². The van der Waals surface area contributed by atoms with Crippen molar-refractivity contribution < 1.29 is 4.79 Å². The highest BCUT2D eigenvalue weighted by Crippen LogP contribution is 2.33. The molecule has 0 spiro atoms. The number of nitrogens with zero attached hydrogens (tertiary/aromatic N) is 3. The van der Waals surface area contributed by atoms with E-state index in [4.69, 9.17) is 0 Å². The third kappa shape index (κ3) is 3.40. The molecular weight excluding hydrogens is 316 g/mol. The zero-order chi connectivity index (χ0) is 17.1. The Morgan fingerprint density at radius 3 is 2.68 bits per heavy atom. The lowest BCUT2D eigenvalue weighted by molar-refractivity contribution is 0.250. The minimum absolute atomic E-state index is 0.223. The number of hydrogen-bond acceptors (Lipinski definition) is 3. The highest BCUT2D eigenvalue weighted by molar-refractivity contribution is 5.88. The molecule has 2 heterocycles. The van der Waals surface area contributed by atoms with Gasteiger partial charge in [0.15, 0.2) is 0 Å². The van der Waals surface area contributed by atoms with Crippen LogP contribution in [0, 0.1) is 0 Å². The number of aromatic amines is 1. The molecule has 1 aliphatic carbocycles. The van der Waals surface area contributed by atoms with Crippen molar-refractivity contribution in [2.24, 2.45) is 0 Å². The number of amides is 2. The molecule has 1 aromatic carbocycles. The summed E-state index contributed by atoms with van der Waals surface area (Å²) in [6.45, 7) is 0.465. The Morgan fingerprint density at radius 1 is 1.16 bits per heavy atom. The maximum absolute atomic E-state index is 12.1. The van der Waals surface area contributed by atoms with Gasteiger partial charge < -0.3 is 5.32 Å². The molecule has 7 nitrogen and oxygen atoms in total. The fraction of sp³-hybridized carbons (Fsp3) is 0.278. The highest BCUT2D eigenvalue weighted by Gasteiger charge is 2.22. The molecule has 0 saturated heterocycles. The van der Waals surface area contributed by atoms with Crippen molar-refractivity contribution in [2.75, 3.05) is 5.32 Å². The molecule has 7 heteroatoms. The summed E-state index contributed by atoms with van der Waals surface area (Å²) >= 11 is 0. The maximum atomic E-state index is 12.1. The van der Waals surface area contributed by atoms with Crippen LogP contribution in [-0.2, 0) is 6.54 Å². The third-order valence-corrected chi connectivity index (χ3v) is 4.55. The van der Waals surface area contributed by atoms with E-state index in [2.05, 4.69) is 25.9 Å². The van der Waals surface area contributed by atoms with Crippen LogP contribution in [0.15, 0.2) is 48.8 Å². The topological polar surface area (TPSA) is 87.6 Å². The second kappa shape index (κ2) is 6.80. The molecular formula is C18H20N6O. The second-order valence-electron chi connectivity index (χ2n) is 6.22. The fourth-order valence-corrected chi connectivity index (χ4v) is 2.90. The number of carbonyl (C=O) groups is 1. The number of hydrogen-bond donors (Lipinski definition) is 3. The molecule has 1 aliphatic rings. The zero-order valence-electron chi connectivity index (χ0n) is 13.8. The zero-order valence-corrected chi connectivity index (χ0v) is 13.8. The lowest BCUT2D eigenvalue weighted by Crippen LogP contribution is -2.30. The van der Waals surface area contributed by atoms with E-state index in [-0.39, 0.29) is 6.03 Å². The van der Waals surface area contributed by atoms with Crippen molar-refractivity contribution in [2.45, 2.75) is 31.8 Å². The Balaban J connectivity index is 1.32. The van der Waals surface area contributed by atoms with E-state index >= 15 is 0 Å². The molecule has 2 aromatic heterocycles. The summed E-state index contributed by atoms with van der Waals surface area (Å²) in [6.07, 6.45) is 6.93. The molecule has 1 saturated carbocycles. The Morgan fingerprint density at radius 2 is 2.00 bits per heavy atom. The molecule has 128 valence electrons. The van der Waals surface area contributed by atoms with Gasteiger partial charge in [0.2, 0.25) is 0 Å². The minimum Gasteiger partial charge on any atom is -0.334 e. The summed E-state index contributed by atoms with van der Waals surface area (Å²) in [5.41, 5.74) is 3.07. The van der Waals surface area contributed by atoms with E-state index in [0.717, 1.165) is 35.5 Å². The van der Waals surface area contributed by atoms with Crippen LogP contribution in [0.25, 0.3) is 11.3 Å². The number of carbonyl (C=O) groups excluding carboxylic acids is 1. The molecule has 3 aromatic rings. The summed E-state index contributed by atoms with van der Waals surface area (Å²) in [4.78, 5) is 12.1. The molecule has 4 rings (SSSR count). The first-order valence-electron chi connectivity index (χ1n) is 8.46. The van der Waals surface area contributed by atoms with Gasteiger partial charge >= 0.3 is 6.03 Å². The van der Waals surface area contributed by atoms with E-state index in [1.54, 1.807) is 12.4 Å². The van der Waals surface area contributed by atoms with Crippen LogP contribution in [0.1, 0.15) is 30.9 Å². The van der Waals surface area contributed by atoms with Crippen molar-refractivity contribution in [3.8, 4) is 11.3 Å². The number of H-pyrrole nitrogens is 1. The second-order valence-corrected chi connectivity index (χ2v) is 6.22. The Bertz CT molecular complexity index is 833. The molecule has 25 heavy (non-hydrogen) atoms. The first kappa shape index (κ1) is 15.4. The molecule has 3 N–H and O–H groups in total. The number of nitrogens with one attached hydrogen (secondary N) is 3. The van der Waals surface area contributed by atoms with Gasteiger partial charge in [-0.3, -0.25) is 10.4 Å². The van der Waals surface area contributed by atoms with Gasteiger partial charge in [-0.2, -0.15) is 10.2 Å². The van der Waals surface area contributed by atoms with Crippen LogP contribution in [0.5, 0.6) is 0 Å². The van der Waals surface area contributed by atoms with Crippen LogP contribution in [0.3, 0.4) is 0 Å². The molecule has 0 unspecified atom stereocenters. The third-order valence-electron chi connectivity index (χ3n) is 4.55. The van der Waals surface area contributed by atoms with Crippen molar-refractivity contribution in [3.05, 3.63) is 54.4 Å². The van der Waals surface area contributed by atoms with Crippen LogP contribution < -0.4 is 10.6 Å². The number of anilines is 1. The van der Waals surface area contributed by atoms with Gasteiger partial charge in [-0.15, -0.1) is 0 Å². The molecule has 0 aliphatic heterocycles. The Hall–Kier alpha value is -3.09. The lowest BCUT2D eigenvalue weighted by Gasteiger charge is -2.27. The molecule has 0 bridgehead atoms. The van der Waals surface area contributed by atoms with Crippen LogP contribution in [-0.4, -0.2) is 26.0 Å². The predicted octanol–water partition coefficient (Wildman–Crippen LogP) is 3.32. The first-order valence-corrected chi connectivity index (χ1v) is 8.46. The Labute approximate surface area is 145 Å². The van der Waals surface area contributed by atoms with E-state index in [1.807, 2.05) is 41.1 Å². The quantitative estimate of drug-likeness (QED) is 0.668. The molecule has 0 radical (unpaired) electrons. The minimum atomic E-state index is -0.223. The number of aromatic nitrogens is 4. The summed E-state index contributed by atoms with van der Waals surface area (Å²) in [5, 5.41) is 17.0. The normalized spacial score (nSPS) is 14.1. The SMILES string of the molecule is O=C(NCc1ccc(-c2ccn[nH]2)cc1)Nc1ccnn1C1CCC1. The standard InChI is InChI=1S/C18H20N6O/c25-18(22-17-9-11-21-24(17)15-2-1-3-15)19-12-13-4-6-14(7-5-13)16-8-10-20-23-16/h4-11,15H,1-3,12H2,(H,20,23)(H2,19,22,25). The lowest BCUT2D eigenvalue weighted by atomic mass is 9.93. The van der Waals surface area contributed by atoms with Crippen LogP contribution >= 0.6 is 0 Å². The maximum Gasteiger partial charge on any atom is 0.320 e. The molecule has 2 amide bonds. The van der Waals surface area contributed by atoms with E-state index in [0.29, 0.717) is 12.6 Å². The monoisotopic (exact) mass is 336 g/mol. The van der Waals surface area contributed by atoms with Gasteiger partial charge in [0.1, 0.15) is 5.82 Å². The summed E-state index contributed by atoms with van der Waals surface area (Å²) < 4.78 is 1.91. The first-order chi connectivity index (χ1) is 12.3. The van der Waals surface area contributed by atoms with Gasteiger partial charge in [-0.1, -0.05) is 24.3 Å². The highest BCUT2D eigenvalue weighted by atomic mass is 16.2. The fourth-order valence-electron chi connectivity index (χ4n) is 2.90. The van der Waals surface area contributed by atoms with Crippen LogP contribution in [0.4, 0.5) is 10.6 Å². The van der Waals surface area contributed by atoms with Gasteiger partial charge in [-0.05, 0) is 36.5 Å². The number of urea groups is 1.